The first-order valence-electron chi connectivity index (χ1n) is 7.94. The molecule has 0 aromatic carbocycles. The lowest BCUT2D eigenvalue weighted by atomic mass is 9.75. The van der Waals surface area contributed by atoms with Crippen LogP contribution in [0.4, 0.5) is 11.6 Å². The molecular weight excluding hydrogens is 262 g/mol. The quantitative estimate of drug-likeness (QED) is 0.835. The van der Waals surface area contributed by atoms with Gasteiger partial charge in [-0.15, -0.1) is 0 Å². The molecule has 118 valence electrons. The molecule has 5 heteroatoms. The molecular formula is C16H29N5. The molecule has 0 spiro atoms. The highest BCUT2D eigenvalue weighted by atomic mass is 15.3. The number of aromatic nitrogens is 2. The molecule has 1 heterocycles. The molecule has 0 aliphatic heterocycles. The minimum absolute atomic E-state index is 0.309. The SMILES string of the molecule is CCCc1c(NC)ncnc1N(C)CC1(N(C)C)CCC1. The van der Waals surface area contributed by atoms with E-state index >= 15 is 0 Å². The van der Waals surface area contributed by atoms with Crippen molar-refractivity contribution in [1.82, 2.24) is 14.9 Å². The van der Waals surface area contributed by atoms with Gasteiger partial charge in [0, 0.05) is 31.7 Å². The van der Waals surface area contributed by atoms with E-state index in [2.05, 4.69) is 53.2 Å². The standard InChI is InChI=1S/C16H29N5/c1-6-8-13-14(17-2)18-12-19-15(13)21(5)11-16(20(3)4)9-7-10-16/h12H,6-11H2,1-5H3,(H,17,18,19). The van der Waals surface area contributed by atoms with Gasteiger partial charge in [-0.3, -0.25) is 0 Å². The summed E-state index contributed by atoms with van der Waals surface area (Å²) >= 11 is 0. The maximum Gasteiger partial charge on any atom is 0.137 e. The van der Waals surface area contributed by atoms with Gasteiger partial charge in [-0.2, -0.15) is 0 Å². The van der Waals surface area contributed by atoms with Crippen LogP contribution in [0.3, 0.4) is 0 Å². The number of nitrogens with zero attached hydrogens (tertiary/aromatic N) is 4. The number of anilines is 2. The third-order valence-corrected chi connectivity index (χ3v) is 4.79. The second kappa shape index (κ2) is 6.60. The molecule has 0 bridgehead atoms. The van der Waals surface area contributed by atoms with Crippen LogP contribution in [0, 0.1) is 0 Å². The van der Waals surface area contributed by atoms with E-state index in [1.165, 1.54) is 24.8 Å². The van der Waals surface area contributed by atoms with Crippen LogP contribution in [0.15, 0.2) is 6.33 Å². The molecule has 1 aromatic rings. The van der Waals surface area contributed by atoms with Crippen molar-refractivity contribution in [2.45, 2.75) is 44.6 Å². The normalized spacial score (nSPS) is 16.7. The van der Waals surface area contributed by atoms with E-state index in [0.717, 1.165) is 31.0 Å². The first-order chi connectivity index (χ1) is 10.0. The van der Waals surface area contributed by atoms with Crippen LogP contribution in [-0.4, -0.2) is 55.1 Å². The molecule has 5 nitrogen and oxygen atoms in total. The fraction of sp³-hybridized carbons (Fsp3) is 0.750. The maximum absolute atomic E-state index is 4.56. The molecule has 1 saturated carbocycles. The Kier molecular flexibility index (Phi) is 5.04. The molecule has 0 atom stereocenters. The highest BCUT2D eigenvalue weighted by molar-refractivity contribution is 5.58. The fourth-order valence-electron chi connectivity index (χ4n) is 3.28. The Balaban J connectivity index is 2.24. The van der Waals surface area contributed by atoms with Gasteiger partial charge in [0.05, 0.1) is 0 Å². The van der Waals surface area contributed by atoms with Gasteiger partial charge in [0.1, 0.15) is 18.0 Å². The van der Waals surface area contributed by atoms with Gasteiger partial charge in [0.15, 0.2) is 0 Å². The van der Waals surface area contributed by atoms with Crippen LogP contribution in [0.1, 0.15) is 38.2 Å². The predicted molar refractivity (Wildman–Crippen MR) is 89.1 cm³/mol. The second-order valence-electron chi connectivity index (χ2n) is 6.35. The van der Waals surface area contributed by atoms with Crippen LogP contribution in [-0.2, 0) is 6.42 Å². The van der Waals surface area contributed by atoms with Crippen LogP contribution in [0.2, 0.25) is 0 Å². The third-order valence-electron chi connectivity index (χ3n) is 4.79. The Morgan fingerprint density at radius 1 is 1.24 bits per heavy atom. The van der Waals surface area contributed by atoms with Crippen molar-refractivity contribution in [2.24, 2.45) is 0 Å². The van der Waals surface area contributed by atoms with E-state index < -0.39 is 0 Å². The van der Waals surface area contributed by atoms with Crippen molar-refractivity contribution in [3.8, 4) is 0 Å². The van der Waals surface area contributed by atoms with Crippen LogP contribution < -0.4 is 10.2 Å². The first kappa shape index (κ1) is 16.0. The van der Waals surface area contributed by atoms with Gasteiger partial charge in [-0.25, -0.2) is 9.97 Å². The molecule has 0 saturated heterocycles. The minimum Gasteiger partial charge on any atom is -0.373 e. The summed E-state index contributed by atoms with van der Waals surface area (Å²) in [5.41, 5.74) is 1.54. The Hall–Kier alpha value is -1.36. The highest BCUT2D eigenvalue weighted by Gasteiger charge is 2.40. The van der Waals surface area contributed by atoms with Gasteiger partial charge in [-0.05, 0) is 39.8 Å². The highest BCUT2D eigenvalue weighted by Crippen LogP contribution is 2.38. The van der Waals surface area contributed by atoms with Crippen molar-refractivity contribution >= 4 is 11.6 Å². The van der Waals surface area contributed by atoms with E-state index in [9.17, 15) is 0 Å². The first-order valence-corrected chi connectivity index (χ1v) is 7.94. The average Bonchev–Trinajstić information content (AvgIpc) is 2.42. The van der Waals surface area contributed by atoms with Gasteiger partial charge in [-0.1, -0.05) is 13.3 Å². The Morgan fingerprint density at radius 3 is 2.43 bits per heavy atom. The summed E-state index contributed by atoms with van der Waals surface area (Å²) in [5.74, 6) is 2.03. The number of rotatable bonds is 7. The van der Waals surface area contributed by atoms with Crippen LogP contribution >= 0.6 is 0 Å². The zero-order valence-corrected chi connectivity index (χ0v) is 14.1. The number of hydrogen-bond donors (Lipinski definition) is 1. The molecule has 0 amide bonds. The van der Waals surface area contributed by atoms with Gasteiger partial charge in [0.25, 0.3) is 0 Å². The Labute approximate surface area is 128 Å². The molecule has 1 N–H and O–H groups in total. The monoisotopic (exact) mass is 291 g/mol. The molecule has 0 unspecified atom stereocenters. The van der Waals surface area contributed by atoms with E-state index in [-0.39, 0.29) is 0 Å². The maximum atomic E-state index is 4.56. The van der Waals surface area contributed by atoms with E-state index in [4.69, 9.17) is 0 Å². The van der Waals surface area contributed by atoms with Gasteiger partial charge < -0.3 is 15.1 Å². The van der Waals surface area contributed by atoms with Crippen molar-refractivity contribution in [2.75, 3.05) is 45.0 Å². The third kappa shape index (κ3) is 3.12. The fourth-order valence-corrected chi connectivity index (χ4v) is 3.28. The molecule has 2 rings (SSSR count). The summed E-state index contributed by atoms with van der Waals surface area (Å²) in [4.78, 5) is 13.6. The van der Waals surface area contributed by atoms with Crippen molar-refractivity contribution in [3.63, 3.8) is 0 Å². The molecule has 21 heavy (non-hydrogen) atoms. The topological polar surface area (TPSA) is 44.3 Å². The second-order valence-corrected chi connectivity index (χ2v) is 6.35. The summed E-state index contributed by atoms with van der Waals surface area (Å²) in [7, 11) is 8.47. The summed E-state index contributed by atoms with van der Waals surface area (Å²) in [6, 6.07) is 0. The zero-order valence-electron chi connectivity index (χ0n) is 14.1. The van der Waals surface area contributed by atoms with Crippen LogP contribution in [0.5, 0.6) is 0 Å². The molecule has 0 radical (unpaired) electrons. The summed E-state index contributed by atoms with van der Waals surface area (Å²) in [6.45, 7) is 3.22. The van der Waals surface area contributed by atoms with Crippen molar-refractivity contribution in [3.05, 3.63) is 11.9 Å². The van der Waals surface area contributed by atoms with E-state index in [1.807, 2.05) is 7.05 Å². The van der Waals surface area contributed by atoms with E-state index in [0.29, 0.717) is 5.54 Å². The lowest BCUT2D eigenvalue weighted by molar-refractivity contribution is 0.0681. The van der Waals surface area contributed by atoms with Crippen molar-refractivity contribution in [1.29, 1.82) is 0 Å². The van der Waals surface area contributed by atoms with Gasteiger partial charge in [0.2, 0.25) is 0 Å². The smallest absolute Gasteiger partial charge is 0.137 e. The largest absolute Gasteiger partial charge is 0.373 e. The Morgan fingerprint density at radius 2 is 1.95 bits per heavy atom. The number of nitrogens with one attached hydrogen (secondary N) is 1. The predicted octanol–water partition coefficient (Wildman–Crippen LogP) is 2.39. The van der Waals surface area contributed by atoms with Gasteiger partial charge >= 0.3 is 0 Å². The lowest BCUT2D eigenvalue weighted by Crippen LogP contribution is -2.57. The van der Waals surface area contributed by atoms with Crippen molar-refractivity contribution < 1.29 is 0 Å². The minimum atomic E-state index is 0.309. The average molecular weight is 291 g/mol. The van der Waals surface area contributed by atoms with E-state index in [1.54, 1.807) is 6.33 Å². The number of likely N-dealkylation sites (N-methyl/N-ethyl adjacent to an activating group) is 2. The summed E-state index contributed by atoms with van der Waals surface area (Å²) in [5, 5.41) is 3.20. The van der Waals surface area contributed by atoms with Crippen LogP contribution in [0.25, 0.3) is 0 Å². The summed E-state index contributed by atoms with van der Waals surface area (Å²) < 4.78 is 0. The molecule has 1 aromatic heterocycles. The molecule has 1 aliphatic rings. The Bertz CT molecular complexity index is 468. The zero-order chi connectivity index (χ0) is 15.5. The molecule has 1 fully saturated rings. The lowest BCUT2D eigenvalue weighted by Gasteiger charge is -2.49. The molecule has 1 aliphatic carbocycles. The summed E-state index contributed by atoms with van der Waals surface area (Å²) in [6.07, 6.45) is 7.65. The number of hydrogen-bond acceptors (Lipinski definition) is 5.